The summed E-state index contributed by atoms with van der Waals surface area (Å²) in [7, 11) is 0. The quantitative estimate of drug-likeness (QED) is 0.294. The van der Waals surface area contributed by atoms with Crippen LogP contribution >= 0.6 is 11.8 Å². The normalized spacial score (nSPS) is 10.6. The van der Waals surface area contributed by atoms with Crippen LogP contribution < -0.4 is 11.3 Å². The van der Waals surface area contributed by atoms with Gasteiger partial charge in [0, 0.05) is 11.4 Å². The highest BCUT2D eigenvalue weighted by molar-refractivity contribution is 7.98. The maximum atomic E-state index is 11.5. The Balaban J connectivity index is 2.13. The van der Waals surface area contributed by atoms with E-state index < -0.39 is 0 Å². The van der Waals surface area contributed by atoms with Crippen LogP contribution in [0.4, 0.5) is 0 Å². The minimum Gasteiger partial charge on any atom is -0.468 e. The van der Waals surface area contributed by atoms with Crippen molar-refractivity contribution in [1.29, 1.82) is 0 Å². The number of rotatable bonds is 4. The molecule has 2 aromatic heterocycles. The molecule has 0 aliphatic carbocycles. The molecule has 0 aromatic carbocycles. The van der Waals surface area contributed by atoms with Crippen molar-refractivity contribution in [3.63, 3.8) is 0 Å². The molecule has 0 aliphatic heterocycles. The molecule has 0 spiro atoms. The van der Waals surface area contributed by atoms with Crippen molar-refractivity contribution in [3.8, 4) is 0 Å². The van der Waals surface area contributed by atoms with E-state index in [1.807, 2.05) is 20.8 Å². The van der Waals surface area contributed by atoms with Gasteiger partial charge in [-0.3, -0.25) is 10.2 Å². The highest BCUT2D eigenvalue weighted by Crippen LogP contribution is 2.23. The molecule has 1 amide bonds. The molecule has 0 unspecified atom stereocenters. The van der Waals surface area contributed by atoms with Crippen LogP contribution in [0, 0.1) is 20.8 Å². The first-order valence-electron chi connectivity index (χ1n) is 6.05. The van der Waals surface area contributed by atoms with Crippen LogP contribution in [-0.4, -0.2) is 15.9 Å². The number of aryl methyl sites for hydroxylation is 2. The summed E-state index contributed by atoms with van der Waals surface area (Å²) in [4.78, 5) is 20.3. The Morgan fingerprint density at radius 1 is 1.35 bits per heavy atom. The predicted octanol–water partition coefficient (Wildman–Crippen LogP) is 1.89. The van der Waals surface area contributed by atoms with Crippen LogP contribution in [0.5, 0.6) is 0 Å². The zero-order valence-corrected chi connectivity index (χ0v) is 12.4. The fraction of sp³-hybridized carbons (Fsp3) is 0.308. The van der Waals surface area contributed by atoms with E-state index in [1.165, 1.54) is 18.0 Å². The SMILES string of the molecule is Cc1nc(SCc2occc2C(=O)NN)nc(C)c1C. The second-order valence-electron chi connectivity index (χ2n) is 4.32. The molecule has 0 atom stereocenters. The summed E-state index contributed by atoms with van der Waals surface area (Å²) < 4.78 is 5.30. The van der Waals surface area contributed by atoms with E-state index in [9.17, 15) is 4.79 Å². The molecule has 3 N–H and O–H groups in total. The first kappa shape index (κ1) is 14.5. The second kappa shape index (κ2) is 6.06. The highest BCUT2D eigenvalue weighted by Gasteiger charge is 2.14. The number of nitrogens with one attached hydrogen (secondary N) is 1. The van der Waals surface area contributed by atoms with Crippen LogP contribution in [0.25, 0.3) is 0 Å². The number of thioether (sulfide) groups is 1. The summed E-state index contributed by atoms with van der Waals surface area (Å²) in [6, 6.07) is 1.59. The summed E-state index contributed by atoms with van der Waals surface area (Å²) in [6.45, 7) is 5.90. The van der Waals surface area contributed by atoms with Crippen LogP contribution in [0.2, 0.25) is 0 Å². The third-order valence-corrected chi connectivity index (χ3v) is 3.91. The fourth-order valence-electron chi connectivity index (χ4n) is 1.67. The van der Waals surface area contributed by atoms with E-state index >= 15 is 0 Å². The van der Waals surface area contributed by atoms with Gasteiger partial charge in [0.1, 0.15) is 5.76 Å². The number of hydrogen-bond donors (Lipinski definition) is 2. The molecular formula is C13H16N4O2S. The van der Waals surface area contributed by atoms with Gasteiger partial charge in [-0.2, -0.15) is 0 Å². The molecule has 2 heterocycles. The van der Waals surface area contributed by atoms with Gasteiger partial charge < -0.3 is 4.42 Å². The van der Waals surface area contributed by atoms with Crippen LogP contribution in [-0.2, 0) is 5.75 Å². The zero-order valence-electron chi connectivity index (χ0n) is 11.6. The van der Waals surface area contributed by atoms with Gasteiger partial charge in [0.25, 0.3) is 5.91 Å². The summed E-state index contributed by atoms with van der Waals surface area (Å²) in [5.74, 6) is 5.78. The summed E-state index contributed by atoms with van der Waals surface area (Å²) >= 11 is 1.42. The van der Waals surface area contributed by atoms with E-state index in [4.69, 9.17) is 10.3 Å². The van der Waals surface area contributed by atoms with Crippen LogP contribution in [0.15, 0.2) is 21.9 Å². The van der Waals surface area contributed by atoms with Crippen LogP contribution in [0.3, 0.4) is 0 Å². The van der Waals surface area contributed by atoms with Crippen molar-refractivity contribution in [2.45, 2.75) is 31.7 Å². The number of carbonyl (C=O) groups is 1. The molecule has 20 heavy (non-hydrogen) atoms. The smallest absolute Gasteiger partial charge is 0.268 e. The van der Waals surface area contributed by atoms with Crippen molar-refractivity contribution >= 4 is 17.7 Å². The van der Waals surface area contributed by atoms with Gasteiger partial charge in [-0.25, -0.2) is 15.8 Å². The van der Waals surface area contributed by atoms with E-state index in [1.54, 1.807) is 6.07 Å². The Labute approximate surface area is 121 Å². The third-order valence-electron chi connectivity index (χ3n) is 3.07. The van der Waals surface area contributed by atoms with Gasteiger partial charge in [0.05, 0.1) is 17.6 Å². The molecule has 106 valence electrons. The average molecular weight is 292 g/mol. The van der Waals surface area contributed by atoms with Crippen molar-refractivity contribution < 1.29 is 9.21 Å². The lowest BCUT2D eigenvalue weighted by Gasteiger charge is -2.06. The average Bonchev–Trinajstić information content (AvgIpc) is 2.89. The van der Waals surface area contributed by atoms with Crippen molar-refractivity contribution in [1.82, 2.24) is 15.4 Å². The Morgan fingerprint density at radius 3 is 2.60 bits per heavy atom. The topological polar surface area (TPSA) is 94.0 Å². The molecule has 0 bridgehead atoms. The number of carbonyl (C=O) groups excluding carboxylic acids is 1. The number of nitrogens with zero attached hydrogens (tertiary/aromatic N) is 2. The lowest BCUT2D eigenvalue weighted by atomic mass is 10.2. The van der Waals surface area contributed by atoms with Crippen molar-refractivity contribution in [2.75, 3.05) is 0 Å². The Kier molecular flexibility index (Phi) is 4.41. The zero-order chi connectivity index (χ0) is 14.7. The van der Waals surface area contributed by atoms with E-state index in [0.717, 1.165) is 17.0 Å². The van der Waals surface area contributed by atoms with Crippen molar-refractivity contribution in [3.05, 3.63) is 40.6 Å². The van der Waals surface area contributed by atoms with E-state index in [2.05, 4.69) is 15.4 Å². The van der Waals surface area contributed by atoms with Gasteiger partial charge in [0.2, 0.25) is 0 Å². The Bertz CT molecular complexity index is 616. The standard InChI is InChI=1S/C13H16N4O2S/c1-7-8(2)15-13(16-9(7)3)20-6-11-10(4-5-19-11)12(18)17-14/h4-5H,6,14H2,1-3H3,(H,17,18). The lowest BCUT2D eigenvalue weighted by molar-refractivity contribution is 0.0952. The third kappa shape index (κ3) is 3.00. The highest BCUT2D eigenvalue weighted by atomic mass is 32.2. The Morgan fingerprint density at radius 2 is 2.00 bits per heavy atom. The number of amides is 1. The van der Waals surface area contributed by atoms with Gasteiger partial charge in [0.15, 0.2) is 5.16 Å². The van der Waals surface area contributed by atoms with Gasteiger partial charge in [-0.15, -0.1) is 0 Å². The first-order valence-corrected chi connectivity index (χ1v) is 7.03. The molecule has 2 rings (SSSR count). The molecule has 0 saturated carbocycles. The lowest BCUT2D eigenvalue weighted by Crippen LogP contribution is -2.30. The first-order chi connectivity index (χ1) is 9.52. The second-order valence-corrected chi connectivity index (χ2v) is 5.26. The van der Waals surface area contributed by atoms with Crippen LogP contribution in [0.1, 0.15) is 33.1 Å². The molecule has 2 aromatic rings. The van der Waals surface area contributed by atoms with Gasteiger partial charge in [-0.1, -0.05) is 11.8 Å². The fourth-order valence-corrected chi connectivity index (χ4v) is 2.56. The van der Waals surface area contributed by atoms with Crippen molar-refractivity contribution in [2.24, 2.45) is 5.84 Å². The number of furan rings is 1. The van der Waals surface area contributed by atoms with Gasteiger partial charge in [-0.05, 0) is 32.4 Å². The monoisotopic (exact) mass is 292 g/mol. The summed E-state index contributed by atoms with van der Waals surface area (Å²) in [6.07, 6.45) is 1.47. The maximum absolute atomic E-state index is 11.5. The molecule has 7 heteroatoms. The number of aromatic nitrogens is 2. The summed E-state index contributed by atoms with van der Waals surface area (Å²) in [5.41, 5.74) is 5.53. The number of hydrazine groups is 1. The predicted molar refractivity (Wildman–Crippen MR) is 76.2 cm³/mol. The number of nitrogen functional groups attached to an aromatic ring is 1. The minimum atomic E-state index is -0.369. The number of nitrogens with two attached hydrogens (primary N) is 1. The van der Waals surface area contributed by atoms with E-state index in [-0.39, 0.29) is 5.91 Å². The molecule has 0 fully saturated rings. The number of hydrogen-bond acceptors (Lipinski definition) is 6. The molecule has 0 saturated heterocycles. The molecule has 0 aliphatic rings. The van der Waals surface area contributed by atoms with E-state index in [0.29, 0.717) is 22.2 Å². The Hall–Kier alpha value is -1.86. The molecule has 0 radical (unpaired) electrons. The maximum Gasteiger partial charge on any atom is 0.268 e. The van der Waals surface area contributed by atoms with Gasteiger partial charge >= 0.3 is 0 Å². The molecular weight excluding hydrogens is 276 g/mol. The largest absolute Gasteiger partial charge is 0.468 e. The minimum absolute atomic E-state index is 0.369. The summed E-state index contributed by atoms with van der Waals surface area (Å²) in [5, 5.41) is 0.668. The molecule has 6 nitrogen and oxygen atoms in total.